The van der Waals surface area contributed by atoms with Gasteiger partial charge in [-0.3, -0.25) is 4.79 Å². The fraction of sp³-hybridized carbons (Fsp3) is 0.714. The van der Waals surface area contributed by atoms with Gasteiger partial charge in [0, 0.05) is 5.57 Å². The number of aldehydes is 1. The topological polar surface area (TPSA) is 17.1 Å². The summed E-state index contributed by atoms with van der Waals surface area (Å²) in [6.07, 6.45) is 8.60. The van der Waals surface area contributed by atoms with Crippen molar-refractivity contribution in [2.75, 3.05) is 0 Å². The van der Waals surface area contributed by atoms with Gasteiger partial charge in [-0.25, -0.2) is 0 Å². The normalized spacial score (nSPS) is 10.7. The molecule has 0 rings (SSSR count). The van der Waals surface area contributed by atoms with Crippen molar-refractivity contribution in [3.8, 4) is 0 Å². The molecule has 0 heterocycles. The summed E-state index contributed by atoms with van der Waals surface area (Å²) in [7, 11) is 0. The Hall–Kier alpha value is -0.810. The van der Waals surface area contributed by atoms with Crippen molar-refractivity contribution in [3.05, 3.63) is 17.4 Å². The Morgan fingerprint density at radius 1 is 1.20 bits per heavy atom. The van der Waals surface area contributed by atoms with E-state index >= 15 is 0 Å². The van der Waals surface area contributed by atoms with Crippen LogP contribution in [0.15, 0.2) is 17.4 Å². The van der Waals surface area contributed by atoms with Gasteiger partial charge in [-0.2, -0.15) is 0 Å². The van der Waals surface area contributed by atoms with E-state index in [4.69, 9.17) is 0 Å². The quantitative estimate of drug-likeness (QED) is 0.275. The number of unbranched alkanes of at least 4 members (excludes halogenated alkanes) is 3. The lowest BCUT2D eigenvalue weighted by atomic mass is 9.96. The lowest BCUT2D eigenvalue weighted by Gasteiger charge is -2.08. The van der Waals surface area contributed by atoms with Gasteiger partial charge in [0.1, 0.15) is 0 Å². The third-order valence-electron chi connectivity index (χ3n) is 2.13. The maximum Gasteiger partial charge on any atom is 0.153 e. The average Bonchev–Trinajstić information content (AvgIpc) is 2.15. The molecule has 0 N–H and O–H groups in total. The van der Waals surface area contributed by atoms with Crippen LogP contribution < -0.4 is 0 Å². The van der Waals surface area contributed by atoms with Crippen molar-refractivity contribution < 1.29 is 4.79 Å². The standard InChI is InChI=1S/C14H24O/c1-5-6-7-8-9-13(12-15)10-11-14(2,3)4/h11-12H,5-9H2,1-4H3. The highest BCUT2D eigenvalue weighted by Gasteiger charge is 2.03. The Balaban J connectivity index is 4.13. The Kier molecular flexibility index (Phi) is 7.07. The van der Waals surface area contributed by atoms with Gasteiger partial charge in [-0.15, -0.1) is 5.73 Å². The van der Waals surface area contributed by atoms with E-state index in [-0.39, 0.29) is 5.41 Å². The maximum absolute atomic E-state index is 10.8. The van der Waals surface area contributed by atoms with Crippen molar-refractivity contribution in [1.82, 2.24) is 0 Å². The van der Waals surface area contributed by atoms with Crippen molar-refractivity contribution in [2.24, 2.45) is 5.41 Å². The molecule has 0 spiro atoms. The van der Waals surface area contributed by atoms with E-state index in [1.54, 1.807) is 0 Å². The number of allylic oxidation sites excluding steroid dienone is 1. The Bertz CT molecular complexity index is 237. The Morgan fingerprint density at radius 2 is 1.87 bits per heavy atom. The number of carbonyl (C=O) groups is 1. The molecular formula is C14H24O. The van der Waals surface area contributed by atoms with E-state index < -0.39 is 0 Å². The minimum absolute atomic E-state index is 0.109. The first-order valence-electron chi connectivity index (χ1n) is 5.91. The van der Waals surface area contributed by atoms with Crippen molar-refractivity contribution in [2.45, 2.75) is 59.8 Å². The van der Waals surface area contributed by atoms with E-state index in [1.807, 2.05) is 6.08 Å². The monoisotopic (exact) mass is 208 g/mol. The zero-order valence-corrected chi connectivity index (χ0v) is 10.6. The van der Waals surface area contributed by atoms with Gasteiger partial charge < -0.3 is 0 Å². The number of carbonyl (C=O) groups excluding carboxylic acids is 1. The zero-order chi connectivity index (χ0) is 11.7. The summed E-state index contributed by atoms with van der Waals surface area (Å²) in [6.45, 7) is 8.52. The van der Waals surface area contributed by atoms with E-state index in [0.717, 1.165) is 24.7 Å². The maximum atomic E-state index is 10.8. The van der Waals surface area contributed by atoms with Crippen LogP contribution in [0.1, 0.15) is 59.8 Å². The van der Waals surface area contributed by atoms with Crippen molar-refractivity contribution in [3.63, 3.8) is 0 Å². The molecule has 1 nitrogen and oxygen atoms in total. The van der Waals surface area contributed by atoms with E-state index in [1.165, 1.54) is 19.3 Å². The summed E-state index contributed by atoms with van der Waals surface area (Å²) < 4.78 is 0. The molecule has 1 heteroatoms. The minimum Gasteiger partial charge on any atom is -0.298 e. The lowest BCUT2D eigenvalue weighted by Crippen LogP contribution is -1.97. The Labute approximate surface area is 94.3 Å². The molecule has 0 aromatic heterocycles. The van der Waals surface area contributed by atoms with Gasteiger partial charge in [-0.05, 0) is 24.3 Å². The number of hydrogen-bond donors (Lipinski definition) is 0. The average molecular weight is 208 g/mol. The molecule has 0 fully saturated rings. The highest BCUT2D eigenvalue weighted by molar-refractivity contribution is 5.72. The van der Waals surface area contributed by atoms with Crippen LogP contribution in [0.25, 0.3) is 0 Å². The fourth-order valence-electron chi connectivity index (χ4n) is 1.22. The molecule has 0 bridgehead atoms. The van der Waals surface area contributed by atoms with Gasteiger partial charge in [0.15, 0.2) is 6.29 Å². The molecule has 0 aliphatic heterocycles. The van der Waals surface area contributed by atoms with Crippen LogP contribution in [0.2, 0.25) is 0 Å². The summed E-state index contributed by atoms with van der Waals surface area (Å²) in [5.74, 6) is 0. The highest BCUT2D eigenvalue weighted by atomic mass is 16.1. The third kappa shape index (κ3) is 9.49. The van der Waals surface area contributed by atoms with Crippen LogP contribution in [0, 0.1) is 5.41 Å². The summed E-state index contributed by atoms with van der Waals surface area (Å²) in [5, 5.41) is 0. The molecular weight excluding hydrogens is 184 g/mol. The lowest BCUT2D eigenvalue weighted by molar-refractivity contribution is -0.105. The van der Waals surface area contributed by atoms with Crippen molar-refractivity contribution >= 4 is 6.29 Å². The van der Waals surface area contributed by atoms with Crippen LogP contribution in [-0.4, -0.2) is 6.29 Å². The van der Waals surface area contributed by atoms with Crippen LogP contribution in [0.3, 0.4) is 0 Å². The predicted molar refractivity (Wildman–Crippen MR) is 65.9 cm³/mol. The largest absolute Gasteiger partial charge is 0.298 e. The second-order valence-electron chi connectivity index (χ2n) is 5.11. The molecule has 0 aromatic carbocycles. The molecule has 0 atom stereocenters. The summed E-state index contributed by atoms with van der Waals surface area (Å²) in [6, 6.07) is 0. The smallest absolute Gasteiger partial charge is 0.153 e. The summed E-state index contributed by atoms with van der Waals surface area (Å²) >= 11 is 0. The molecule has 15 heavy (non-hydrogen) atoms. The zero-order valence-electron chi connectivity index (χ0n) is 10.6. The van der Waals surface area contributed by atoms with E-state index in [9.17, 15) is 4.79 Å². The van der Waals surface area contributed by atoms with Crippen molar-refractivity contribution in [1.29, 1.82) is 0 Å². The first kappa shape index (κ1) is 14.2. The van der Waals surface area contributed by atoms with Gasteiger partial charge in [0.05, 0.1) is 0 Å². The summed E-state index contributed by atoms with van der Waals surface area (Å²) in [4.78, 5) is 10.8. The Morgan fingerprint density at radius 3 is 2.33 bits per heavy atom. The van der Waals surface area contributed by atoms with Gasteiger partial charge in [-0.1, -0.05) is 47.0 Å². The van der Waals surface area contributed by atoms with Gasteiger partial charge >= 0.3 is 0 Å². The summed E-state index contributed by atoms with van der Waals surface area (Å²) in [5.41, 5.74) is 4.03. The molecule has 0 aliphatic carbocycles. The highest BCUT2D eigenvalue weighted by Crippen LogP contribution is 2.15. The fourth-order valence-corrected chi connectivity index (χ4v) is 1.22. The molecule has 0 saturated heterocycles. The van der Waals surface area contributed by atoms with Gasteiger partial charge in [0.2, 0.25) is 0 Å². The minimum atomic E-state index is 0.109. The van der Waals surface area contributed by atoms with Crippen LogP contribution in [0.5, 0.6) is 0 Å². The first-order chi connectivity index (χ1) is 6.99. The van der Waals surface area contributed by atoms with Gasteiger partial charge in [0.25, 0.3) is 0 Å². The van der Waals surface area contributed by atoms with E-state index in [0.29, 0.717) is 0 Å². The molecule has 0 aromatic rings. The second-order valence-corrected chi connectivity index (χ2v) is 5.11. The van der Waals surface area contributed by atoms with Crippen LogP contribution in [0.4, 0.5) is 0 Å². The van der Waals surface area contributed by atoms with Crippen LogP contribution in [-0.2, 0) is 4.79 Å². The molecule has 0 radical (unpaired) electrons. The first-order valence-corrected chi connectivity index (χ1v) is 5.91. The SMILES string of the molecule is CCCCCCC(=C=CC(C)(C)C)C=O. The number of rotatable bonds is 6. The number of hydrogen-bond acceptors (Lipinski definition) is 1. The molecule has 0 aliphatic rings. The molecule has 0 amide bonds. The molecule has 0 unspecified atom stereocenters. The van der Waals surface area contributed by atoms with E-state index in [2.05, 4.69) is 33.4 Å². The predicted octanol–water partition coefficient (Wildman–Crippen LogP) is 4.28. The second kappa shape index (κ2) is 7.48. The third-order valence-corrected chi connectivity index (χ3v) is 2.13. The molecule has 86 valence electrons. The van der Waals surface area contributed by atoms with Crippen LogP contribution >= 0.6 is 0 Å². The molecule has 0 saturated carbocycles.